The van der Waals surface area contributed by atoms with Gasteiger partial charge in [-0.1, -0.05) is 25.7 Å². The summed E-state index contributed by atoms with van der Waals surface area (Å²) in [5.74, 6) is -0.729. The summed E-state index contributed by atoms with van der Waals surface area (Å²) in [7, 11) is 0. The van der Waals surface area contributed by atoms with Gasteiger partial charge in [-0.25, -0.2) is 0 Å². The summed E-state index contributed by atoms with van der Waals surface area (Å²) in [5.41, 5.74) is 0. The van der Waals surface area contributed by atoms with Crippen LogP contribution in [0.2, 0.25) is 0 Å². The molecule has 0 unspecified atom stereocenters. The lowest BCUT2D eigenvalue weighted by molar-refractivity contribution is -0.137. The third-order valence-electron chi connectivity index (χ3n) is 3.56. The van der Waals surface area contributed by atoms with E-state index >= 15 is 0 Å². The van der Waals surface area contributed by atoms with Crippen molar-refractivity contribution in [3.63, 3.8) is 0 Å². The van der Waals surface area contributed by atoms with Gasteiger partial charge in [0.1, 0.15) is 0 Å². The second kappa shape index (κ2) is 8.48. The molecule has 1 saturated carbocycles. The summed E-state index contributed by atoms with van der Waals surface area (Å²) in [5, 5.41) is 17.7. The summed E-state index contributed by atoms with van der Waals surface area (Å²) >= 11 is 0. The highest BCUT2D eigenvalue weighted by Gasteiger charge is 2.20. The number of hydrogen-bond donors (Lipinski definition) is 2. The number of aliphatic hydroxyl groups is 1. The van der Waals surface area contributed by atoms with Crippen LogP contribution in [0, 0.1) is 0 Å². The van der Waals surface area contributed by atoms with Crippen molar-refractivity contribution in [2.24, 2.45) is 0 Å². The zero-order valence-electron chi connectivity index (χ0n) is 10.6. The van der Waals surface area contributed by atoms with Gasteiger partial charge in [0.15, 0.2) is 0 Å². The van der Waals surface area contributed by atoms with Crippen LogP contribution in [0.4, 0.5) is 0 Å². The lowest BCUT2D eigenvalue weighted by Crippen LogP contribution is -2.37. The molecule has 0 aromatic rings. The Morgan fingerprint density at radius 2 is 1.76 bits per heavy atom. The predicted molar refractivity (Wildman–Crippen MR) is 67.0 cm³/mol. The van der Waals surface area contributed by atoms with E-state index in [9.17, 15) is 4.79 Å². The summed E-state index contributed by atoms with van der Waals surface area (Å²) in [6.45, 7) is 1.64. The van der Waals surface area contributed by atoms with Gasteiger partial charge in [0.25, 0.3) is 0 Å². The monoisotopic (exact) mass is 243 g/mol. The fourth-order valence-corrected chi connectivity index (χ4v) is 2.61. The Morgan fingerprint density at radius 1 is 1.12 bits per heavy atom. The van der Waals surface area contributed by atoms with Gasteiger partial charge < -0.3 is 10.2 Å². The molecular weight excluding hydrogens is 218 g/mol. The molecular formula is C13H25NO3. The number of aliphatic hydroxyl groups excluding tert-OH is 1. The third kappa shape index (κ3) is 6.03. The molecule has 4 nitrogen and oxygen atoms in total. The third-order valence-corrected chi connectivity index (χ3v) is 3.56. The first-order valence-corrected chi connectivity index (χ1v) is 6.80. The molecule has 1 aliphatic rings. The van der Waals surface area contributed by atoms with Crippen molar-refractivity contribution >= 4 is 5.97 Å². The van der Waals surface area contributed by atoms with E-state index in [4.69, 9.17) is 10.2 Å². The molecule has 1 fully saturated rings. The zero-order chi connectivity index (χ0) is 12.5. The largest absolute Gasteiger partial charge is 0.481 e. The van der Waals surface area contributed by atoms with Gasteiger partial charge in [0.05, 0.1) is 6.42 Å². The minimum atomic E-state index is -0.729. The molecule has 100 valence electrons. The Bertz CT molecular complexity index is 213. The topological polar surface area (TPSA) is 60.8 Å². The first-order chi connectivity index (χ1) is 8.24. The van der Waals surface area contributed by atoms with Crippen LogP contribution in [-0.2, 0) is 4.79 Å². The summed E-state index contributed by atoms with van der Waals surface area (Å²) in [6.07, 6.45) is 8.46. The molecule has 17 heavy (non-hydrogen) atoms. The van der Waals surface area contributed by atoms with Gasteiger partial charge in [0, 0.05) is 25.7 Å². The van der Waals surface area contributed by atoms with E-state index in [-0.39, 0.29) is 13.0 Å². The standard InChI is InChI=1S/C13H25NO3/c15-11-5-9-14(10-8-13(16)17)12-6-3-1-2-4-7-12/h12,15H,1-11H2,(H,16,17). The van der Waals surface area contributed by atoms with E-state index in [1.54, 1.807) is 0 Å². The molecule has 0 radical (unpaired) electrons. The minimum absolute atomic E-state index is 0.191. The molecule has 0 atom stereocenters. The summed E-state index contributed by atoms with van der Waals surface area (Å²) in [6, 6.07) is 0.531. The van der Waals surface area contributed by atoms with E-state index in [1.165, 1.54) is 38.5 Å². The van der Waals surface area contributed by atoms with Crippen LogP contribution in [0.25, 0.3) is 0 Å². The van der Waals surface area contributed by atoms with Crippen LogP contribution in [0.3, 0.4) is 0 Å². The SMILES string of the molecule is O=C(O)CCN(CCCO)C1CCCCCC1. The Hall–Kier alpha value is -0.610. The Kier molecular flexibility index (Phi) is 7.21. The molecule has 0 aliphatic heterocycles. The van der Waals surface area contributed by atoms with Crippen molar-refractivity contribution in [1.82, 2.24) is 4.90 Å². The second-order valence-corrected chi connectivity index (χ2v) is 4.90. The fourth-order valence-electron chi connectivity index (χ4n) is 2.61. The molecule has 1 aliphatic carbocycles. The minimum Gasteiger partial charge on any atom is -0.481 e. The highest BCUT2D eigenvalue weighted by atomic mass is 16.4. The van der Waals surface area contributed by atoms with Crippen molar-refractivity contribution in [2.75, 3.05) is 19.7 Å². The van der Waals surface area contributed by atoms with Gasteiger partial charge in [-0.15, -0.1) is 0 Å². The maximum Gasteiger partial charge on any atom is 0.304 e. The highest BCUT2D eigenvalue weighted by molar-refractivity contribution is 5.66. The van der Waals surface area contributed by atoms with Crippen LogP contribution in [0.1, 0.15) is 51.4 Å². The molecule has 0 amide bonds. The smallest absolute Gasteiger partial charge is 0.304 e. The van der Waals surface area contributed by atoms with Crippen molar-refractivity contribution in [2.45, 2.75) is 57.4 Å². The van der Waals surface area contributed by atoms with E-state index in [0.717, 1.165) is 13.0 Å². The van der Waals surface area contributed by atoms with Crippen molar-refractivity contribution < 1.29 is 15.0 Å². The number of carboxylic acid groups (broad SMARTS) is 1. The van der Waals surface area contributed by atoms with Crippen LogP contribution in [0.5, 0.6) is 0 Å². The van der Waals surface area contributed by atoms with Crippen molar-refractivity contribution in [1.29, 1.82) is 0 Å². The number of carboxylic acids is 1. The Morgan fingerprint density at radius 3 is 2.29 bits per heavy atom. The van der Waals surface area contributed by atoms with Crippen LogP contribution in [-0.4, -0.2) is 46.8 Å². The molecule has 2 N–H and O–H groups in total. The van der Waals surface area contributed by atoms with Gasteiger partial charge in [-0.3, -0.25) is 9.69 Å². The van der Waals surface area contributed by atoms with Gasteiger partial charge in [0.2, 0.25) is 0 Å². The fraction of sp³-hybridized carbons (Fsp3) is 0.923. The molecule has 0 spiro atoms. The van der Waals surface area contributed by atoms with Gasteiger partial charge in [-0.2, -0.15) is 0 Å². The van der Waals surface area contributed by atoms with Crippen LogP contribution >= 0.6 is 0 Å². The Labute approximate surface area is 104 Å². The van der Waals surface area contributed by atoms with Gasteiger partial charge in [-0.05, 0) is 19.3 Å². The molecule has 4 heteroatoms. The average molecular weight is 243 g/mol. The van der Waals surface area contributed by atoms with Gasteiger partial charge >= 0.3 is 5.97 Å². The molecule has 1 rings (SSSR count). The number of nitrogens with zero attached hydrogens (tertiary/aromatic N) is 1. The van der Waals surface area contributed by atoms with Crippen LogP contribution in [0.15, 0.2) is 0 Å². The number of aliphatic carboxylic acids is 1. The summed E-state index contributed by atoms with van der Waals surface area (Å²) < 4.78 is 0. The van der Waals surface area contributed by atoms with Crippen LogP contribution < -0.4 is 0 Å². The zero-order valence-corrected chi connectivity index (χ0v) is 10.6. The van der Waals surface area contributed by atoms with E-state index < -0.39 is 5.97 Å². The van der Waals surface area contributed by atoms with E-state index in [1.807, 2.05) is 0 Å². The van der Waals surface area contributed by atoms with E-state index in [0.29, 0.717) is 12.6 Å². The Balaban J connectivity index is 2.43. The lowest BCUT2D eigenvalue weighted by Gasteiger charge is -2.30. The normalized spacial score (nSPS) is 18.2. The number of rotatable bonds is 7. The molecule has 0 heterocycles. The number of carbonyl (C=O) groups is 1. The molecule has 0 aromatic carbocycles. The van der Waals surface area contributed by atoms with Crippen molar-refractivity contribution in [3.8, 4) is 0 Å². The maximum atomic E-state index is 10.7. The number of hydrogen-bond acceptors (Lipinski definition) is 3. The first kappa shape index (κ1) is 14.5. The molecule has 0 bridgehead atoms. The molecule has 0 aromatic heterocycles. The maximum absolute atomic E-state index is 10.7. The van der Waals surface area contributed by atoms with Crippen molar-refractivity contribution in [3.05, 3.63) is 0 Å². The molecule has 0 saturated heterocycles. The van der Waals surface area contributed by atoms with E-state index in [2.05, 4.69) is 4.90 Å². The lowest BCUT2D eigenvalue weighted by atomic mass is 10.1. The first-order valence-electron chi connectivity index (χ1n) is 6.80. The summed E-state index contributed by atoms with van der Waals surface area (Å²) in [4.78, 5) is 12.9. The second-order valence-electron chi connectivity index (χ2n) is 4.90. The average Bonchev–Trinajstić information content (AvgIpc) is 2.57. The quantitative estimate of drug-likeness (QED) is 0.670. The highest BCUT2D eigenvalue weighted by Crippen LogP contribution is 2.22. The predicted octanol–water partition coefficient (Wildman–Crippen LogP) is 1.87.